The third-order valence-electron chi connectivity index (χ3n) is 3.17. The first-order valence-corrected chi connectivity index (χ1v) is 6.70. The van der Waals surface area contributed by atoms with Crippen LogP contribution >= 0.6 is 0 Å². The summed E-state index contributed by atoms with van der Waals surface area (Å²) in [6, 6.07) is 8.03. The second kappa shape index (κ2) is 5.31. The zero-order valence-electron chi connectivity index (χ0n) is 12.1. The lowest BCUT2D eigenvalue weighted by atomic mass is 10.1. The number of fused-ring (bicyclic) bond motifs is 1. The van der Waals surface area contributed by atoms with Gasteiger partial charge in [-0.15, -0.1) is 0 Å². The van der Waals surface area contributed by atoms with Gasteiger partial charge in [0.15, 0.2) is 0 Å². The number of rotatable bonds is 4. The predicted molar refractivity (Wildman–Crippen MR) is 78.2 cm³/mol. The fourth-order valence-electron chi connectivity index (χ4n) is 2.08. The van der Waals surface area contributed by atoms with Gasteiger partial charge in [-0.25, -0.2) is 4.98 Å². The van der Waals surface area contributed by atoms with E-state index in [9.17, 15) is 5.11 Å². The largest absolute Gasteiger partial charge is 0.391 e. The third kappa shape index (κ3) is 3.55. The molecule has 0 fully saturated rings. The van der Waals surface area contributed by atoms with Gasteiger partial charge in [0.1, 0.15) is 5.82 Å². The van der Waals surface area contributed by atoms with Crippen molar-refractivity contribution in [2.45, 2.75) is 38.8 Å². The minimum atomic E-state index is -0.422. The average molecular weight is 261 g/mol. The van der Waals surface area contributed by atoms with Crippen molar-refractivity contribution in [2.75, 3.05) is 6.54 Å². The van der Waals surface area contributed by atoms with Crippen molar-refractivity contribution < 1.29 is 5.11 Å². The van der Waals surface area contributed by atoms with Crippen molar-refractivity contribution in [1.29, 1.82) is 0 Å². The van der Waals surface area contributed by atoms with Crippen molar-refractivity contribution in [2.24, 2.45) is 7.05 Å². The van der Waals surface area contributed by atoms with Gasteiger partial charge in [0.2, 0.25) is 0 Å². The maximum Gasteiger partial charge on any atom is 0.112 e. The molecule has 0 spiro atoms. The molecule has 1 aromatic carbocycles. The van der Waals surface area contributed by atoms with Gasteiger partial charge in [-0.3, -0.25) is 0 Å². The van der Waals surface area contributed by atoms with E-state index in [1.54, 1.807) is 0 Å². The molecule has 2 N–H and O–H groups in total. The number of nitrogens with zero attached hydrogens (tertiary/aromatic N) is 2. The van der Waals surface area contributed by atoms with Gasteiger partial charge in [0, 0.05) is 25.6 Å². The minimum Gasteiger partial charge on any atom is -0.391 e. The summed E-state index contributed by atoms with van der Waals surface area (Å²) in [6.07, 6.45) is 0.142. The van der Waals surface area contributed by atoms with Crippen LogP contribution in [0.5, 0.6) is 0 Å². The molecule has 4 heteroatoms. The molecule has 2 rings (SSSR count). The van der Waals surface area contributed by atoms with Gasteiger partial charge in [0.25, 0.3) is 0 Å². The summed E-state index contributed by atoms with van der Waals surface area (Å²) >= 11 is 0. The number of hydrogen-bond acceptors (Lipinski definition) is 3. The Hall–Kier alpha value is -1.39. The lowest BCUT2D eigenvalue weighted by Crippen LogP contribution is -2.41. The van der Waals surface area contributed by atoms with Gasteiger partial charge >= 0.3 is 0 Å². The Labute approximate surface area is 114 Å². The van der Waals surface area contributed by atoms with Gasteiger partial charge in [0.05, 0.1) is 17.1 Å². The topological polar surface area (TPSA) is 50.1 Å². The van der Waals surface area contributed by atoms with Crippen LogP contribution < -0.4 is 5.32 Å². The molecule has 19 heavy (non-hydrogen) atoms. The van der Waals surface area contributed by atoms with Gasteiger partial charge in [-0.05, 0) is 32.9 Å². The van der Waals surface area contributed by atoms with Crippen molar-refractivity contribution in [3.8, 4) is 0 Å². The van der Waals surface area contributed by atoms with E-state index in [1.807, 2.05) is 31.3 Å². The number of benzene rings is 1. The Balaban J connectivity index is 2.07. The van der Waals surface area contributed by atoms with Gasteiger partial charge in [-0.1, -0.05) is 12.1 Å². The van der Waals surface area contributed by atoms with Crippen LogP contribution in [0.25, 0.3) is 11.0 Å². The number of imidazole rings is 1. The molecule has 4 nitrogen and oxygen atoms in total. The van der Waals surface area contributed by atoms with Crippen LogP contribution in [0.15, 0.2) is 24.3 Å². The molecule has 0 aliphatic carbocycles. The van der Waals surface area contributed by atoms with E-state index in [1.165, 1.54) is 0 Å². The molecule has 0 amide bonds. The van der Waals surface area contributed by atoms with Crippen LogP contribution in [0, 0.1) is 0 Å². The second-order valence-corrected chi connectivity index (χ2v) is 6.06. The van der Waals surface area contributed by atoms with Crippen molar-refractivity contribution in [3.63, 3.8) is 0 Å². The second-order valence-electron chi connectivity index (χ2n) is 6.06. The van der Waals surface area contributed by atoms with Crippen LogP contribution in [0.2, 0.25) is 0 Å². The summed E-state index contributed by atoms with van der Waals surface area (Å²) in [5, 5.41) is 13.4. The SMILES string of the molecule is Cn1c(C[C@H](O)CNC(C)(C)C)nc2ccccc21. The lowest BCUT2D eigenvalue weighted by Gasteiger charge is -2.22. The van der Waals surface area contributed by atoms with Crippen LogP contribution in [0.4, 0.5) is 0 Å². The van der Waals surface area contributed by atoms with E-state index in [2.05, 4.69) is 35.6 Å². The average Bonchev–Trinajstić information content (AvgIpc) is 2.64. The van der Waals surface area contributed by atoms with E-state index in [0.717, 1.165) is 16.9 Å². The fourth-order valence-corrected chi connectivity index (χ4v) is 2.08. The van der Waals surface area contributed by atoms with Crippen LogP contribution in [-0.4, -0.2) is 32.8 Å². The summed E-state index contributed by atoms with van der Waals surface area (Å²) < 4.78 is 2.05. The van der Waals surface area contributed by atoms with Gasteiger partial charge < -0.3 is 15.0 Å². The monoisotopic (exact) mass is 261 g/mol. The Morgan fingerprint density at radius 1 is 1.32 bits per heavy atom. The Morgan fingerprint density at radius 3 is 2.63 bits per heavy atom. The summed E-state index contributed by atoms with van der Waals surface area (Å²) in [5.41, 5.74) is 2.11. The molecule has 0 saturated carbocycles. The molecule has 104 valence electrons. The molecule has 0 bridgehead atoms. The Morgan fingerprint density at radius 2 is 2.00 bits per heavy atom. The zero-order valence-corrected chi connectivity index (χ0v) is 12.1. The van der Waals surface area contributed by atoms with E-state index in [-0.39, 0.29) is 5.54 Å². The lowest BCUT2D eigenvalue weighted by molar-refractivity contribution is 0.158. The quantitative estimate of drug-likeness (QED) is 0.883. The summed E-state index contributed by atoms with van der Waals surface area (Å²) in [5.74, 6) is 0.921. The first-order chi connectivity index (χ1) is 8.87. The molecule has 0 aliphatic rings. The normalized spacial score (nSPS) is 13.9. The van der Waals surface area contributed by atoms with E-state index in [4.69, 9.17) is 0 Å². The zero-order chi connectivity index (χ0) is 14.0. The highest BCUT2D eigenvalue weighted by molar-refractivity contribution is 5.75. The molecule has 0 aliphatic heterocycles. The highest BCUT2D eigenvalue weighted by Gasteiger charge is 2.15. The maximum atomic E-state index is 10.1. The smallest absolute Gasteiger partial charge is 0.112 e. The molecule has 1 atom stereocenters. The highest BCUT2D eigenvalue weighted by Crippen LogP contribution is 2.15. The number of aromatic nitrogens is 2. The van der Waals surface area contributed by atoms with Gasteiger partial charge in [-0.2, -0.15) is 0 Å². The first-order valence-electron chi connectivity index (χ1n) is 6.70. The molecule has 1 heterocycles. The summed E-state index contributed by atoms with van der Waals surface area (Å²) in [7, 11) is 1.99. The van der Waals surface area contributed by atoms with E-state index in [0.29, 0.717) is 13.0 Å². The number of para-hydroxylation sites is 2. The van der Waals surface area contributed by atoms with Crippen molar-refractivity contribution >= 4 is 11.0 Å². The standard InChI is InChI=1S/C15H23N3O/c1-15(2,3)16-10-11(19)9-14-17-12-7-5-6-8-13(12)18(14)4/h5-8,11,16,19H,9-10H2,1-4H3/t11-/m0/s1. The van der Waals surface area contributed by atoms with Crippen LogP contribution in [0.1, 0.15) is 26.6 Å². The number of β-amino-alcohol motifs (C(OH)–C–C–N with tert-alkyl or cyclic N) is 1. The molecule has 2 aromatic rings. The van der Waals surface area contributed by atoms with Crippen LogP contribution in [0.3, 0.4) is 0 Å². The Bertz CT molecular complexity index is 554. The number of hydrogen-bond donors (Lipinski definition) is 2. The van der Waals surface area contributed by atoms with Crippen molar-refractivity contribution in [1.82, 2.24) is 14.9 Å². The molecule has 1 aromatic heterocycles. The number of nitrogens with one attached hydrogen (secondary N) is 1. The Kier molecular flexibility index (Phi) is 3.92. The highest BCUT2D eigenvalue weighted by atomic mass is 16.3. The molecule has 0 radical (unpaired) electrons. The van der Waals surface area contributed by atoms with E-state index < -0.39 is 6.10 Å². The van der Waals surface area contributed by atoms with E-state index >= 15 is 0 Å². The number of aryl methyl sites for hydroxylation is 1. The number of aliphatic hydroxyl groups is 1. The summed E-state index contributed by atoms with van der Waals surface area (Å²) in [4.78, 5) is 4.57. The molecular formula is C15H23N3O. The summed E-state index contributed by atoms with van der Waals surface area (Å²) in [6.45, 7) is 6.85. The first kappa shape index (κ1) is 14.0. The fraction of sp³-hybridized carbons (Fsp3) is 0.533. The minimum absolute atomic E-state index is 0.0212. The predicted octanol–water partition coefficient (Wildman–Crippen LogP) is 1.86. The number of aliphatic hydroxyl groups excluding tert-OH is 1. The third-order valence-corrected chi connectivity index (χ3v) is 3.17. The molecular weight excluding hydrogens is 238 g/mol. The maximum absolute atomic E-state index is 10.1. The molecule has 0 saturated heterocycles. The molecule has 0 unspecified atom stereocenters. The van der Waals surface area contributed by atoms with Crippen molar-refractivity contribution in [3.05, 3.63) is 30.1 Å². The van der Waals surface area contributed by atoms with Crippen LogP contribution in [-0.2, 0) is 13.5 Å².